The van der Waals surface area contributed by atoms with Crippen LogP contribution in [0.15, 0.2) is 24.3 Å². The minimum Gasteiger partial charge on any atom is -0.508 e. The maximum Gasteiger partial charge on any atom is 0.362 e. The Kier molecular flexibility index (Phi) is 4.72. The minimum absolute atomic E-state index is 0.0506. The molecule has 0 bridgehead atoms. The number of carbonyl (C=O) groups is 2. The SMILES string of the molecule is CCC(C)(Br)C(=O)NOC(=O)c1ccc(O)cc1. The number of nitrogens with one attached hydrogen (secondary N) is 1. The van der Waals surface area contributed by atoms with Crippen LogP contribution in [0.25, 0.3) is 0 Å². The molecule has 2 N–H and O–H groups in total. The monoisotopic (exact) mass is 315 g/mol. The van der Waals surface area contributed by atoms with Crippen molar-refractivity contribution in [1.82, 2.24) is 5.48 Å². The molecule has 1 rings (SSSR count). The van der Waals surface area contributed by atoms with Gasteiger partial charge in [-0.15, -0.1) is 0 Å². The summed E-state index contributed by atoms with van der Waals surface area (Å²) in [6.07, 6.45) is 0.551. The van der Waals surface area contributed by atoms with Crippen LogP contribution in [-0.4, -0.2) is 21.3 Å². The zero-order chi connectivity index (χ0) is 13.8. The zero-order valence-corrected chi connectivity index (χ0v) is 11.7. The van der Waals surface area contributed by atoms with Gasteiger partial charge in [0.1, 0.15) is 10.1 Å². The van der Waals surface area contributed by atoms with Gasteiger partial charge in [0.25, 0.3) is 5.91 Å². The molecule has 0 heterocycles. The lowest BCUT2D eigenvalue weighted by atomic mass is 10.1. The lowest BCUT2D eigenvalue weighted by Gasteiger charge is -2.18. The molecule has 0 spiro atoms. The van der Waals surface area contributed by atoms with Gasteiger partial charge in [0.15, 0.2) is 0 Å². The predicted octanol–water partition coefficient (Wildman–Crippen LogP) is 2.14. The zero-order valence-electron chi connectivity index (χ0n) is 10.1. The molecule has 98 valence electrons. The highest BCUT2D eigenvalue weighted by Gasteiger charge is 2.28. The van der Waals surface area contributed by atoms with E-state index in [4.69, 9.17) is 5.11 Å². The topological polar surface area (TPSA) is 75.6 Å². The van der Waals surface area contributed by atoms with E-state index in [-0.39, 0.29) is 11.3 Å². The van der Waals surface area contributed by atoms with Crippen LogP contribution in [0.3, 0.4) is 0 Å². The van der Waals surface area contributed by atoms with Gasteiger partial charge in [-0.3, -0.25) is 4.79 Å². The van der Waals surface area contributed by atoms with Crippen LogP contribution >= 0.6 is 15.9 Å². The molecule has 1 aromatic rings. The van der Waals surface area contributed by atoms with E-state index in [1.165, 1.54) is 24.3 Å². The Bertz CT molecular complexity index is 442. The number of aromatic hydroxyl groups is 1. The van der Waals surface area contributed by atoms with Crippen molar-refractivity contribution in [2.45, 2.75) is 24.6 Å². The minimum atomic E-state index is -0.776. The summed E-state index contributed by atoms with van der Waals surface area (Å²) in [5.41, 5.74) is 2.33. The Morgan fingerprint density at radius 3 is 2.44 bits per heavy atom. The van der Waals surface area contributed by atoms with Gasteiger partial charge in [-0.2, -0.15) is 5.48 Å². The smallest absolute Gasteiger partial charge is 0.362 e. The molecule has 0 radical (unpaired) electrons. The summed E-state index contributed by atoms with van der Waals surface area (Å²) in [5, 5.41) is 9.07. The van der Waals surface area contributed by atoms with Crippen LogP contribution in [0.1, 0.15) is 30.6 Å². The number of hydroxylamine groups is 1. The molecule has 0 saturated heterocycles. The normalized spacial score (nSPS) is 13.5. The Hall–Kier alpha value is -1.56. The van der Waals surface area contributed by atoms with Gasteiger partial charge in [-0.1, -0.05) is 22.9 Å². The molecular formula is C12H14BrNO4. The highest BCUT2D eigenvalue weighted by molar-refractivity contribution is 9.10. The van der Waals surface area contributed by atoms with E-state index in [2.05, 4.69) is 26.2 Å². The third-order valence-corrected chi connectivity index (χ3v) is 3.40. The van der Waals surface area contributed by atoms with Gasteiger partial charge in [0, 0.05) is 0 Å². The van der Waals surface area contributed by atoms with Crippen molar-refractivity contribution in [2.24, 2.45) is 0 Å². The number of hydrogen-bond acceptors (Lipinski definition) is 4. The molecule has 6 heteroatoms. The first kappa shape index (κ1) is 14.5. The molecule has 0 fully saturated rings. The van der Waals surface area contributed by atoms with Gasteiger partial charge < -0.3 is 9.94 Å². The maximum atomic E-state index is 11.6. The summed E-state index contributed by atoms with van der Waals surface area (Å²) in [5.74, 6) is -1.07. The molecule has 1 amide bonds. The average Bonchev–Trinajstić information content (AvgIpc) is 2.36. The van der Waals surface area contributed by atoms with Crippen molar-refractivity contribution < 1.29 is 19.5 Å². The van der Waals surface area contributed by atoms with E-state index >= 15 is 0 Å². The van der Waals surface area contributed by atoms with E-state index in [9.17, 15) is 9.59 Å². The Morgan fingerprint density at radius 1 is 1.39 bits per heavy atom. The lowest BCUT2D eigenvalue weighted by Crippen LogP contribution is -2.40. The summed E-state index contributed by atoms with van der Waals surface area (Å²) in [7, 11) is 0. The fourth-order valence-electron chi connectivity index (χ4n) is 1.02. The number of phenols is 1. The largest absolute Gasteiger partial charge is 0.508 e. The van der Waals surface area contributed by atoms with Crippen molar-refractivity contribution in [3.63, 3.8) is 0 Å². The molecule has 1 unspecified atom stereocenters. The van der Waals surface area contributed by atoms with Gasteiger partial charge in [0.05, 0.1) is 5.56 Å². The van der Waals surface area contributed by atoms with Crippen LogP contribution < -0.4 is 5.48 Å². The van der Waals surface area contributed by atoms with Gasteiger partial charge in [0.2, 0.25) is 0 Å². The highest BCUT2D eigenvalue weighted by Crippen LogP contribution is 2.21. The first-order valence-electron chi connectivity index (χ1n) is 5.36. The first-order valence-corrected chi connectivity index (χ1v) is 6.15. The Labute approximate surface area is 113 Å². The average molecular weight is 316 g/mol. The molecular weight excluding hydrogens is 302 g/mol. The third-order valence-electron chi connectivity index (χ3n) is 2.48. The van der Waals surface area contributed by atoms with E-state index in [0.29, 0.717) is 6.42 Å². The molecule has 0 saturated carbocycles. The number of rotatable bonds is 3. The van der Waals surface area contributed by atoms with Gasteiger partial charge >= 0.3 is 5.97 Å². The van der Waals surface area contributed by atoms with Crippen LogP contribution in [0.2, 0.25) is 0 Å². The molecule has 18 heavy (non-hydrogen) atoms. The second kappa shape index (κ2) is 5.86. The molecule has 0 aromatic heterocycles. The molecule has 0 aliphatic heterocycles. The number of alkyl halides is 1. The quantitative estimate of drug-likeness (QED) is 0.662. The number of phenolic OH excluding ortho intramolecular Hbond substituents is 1. The van der Waals surface area contributed by atoms with E-state index < -0.39 is 16.2 Å². The van der Waals surface area contributed by atoms with Crippen LogP contribution in [-0.2, 0) is 9.63 Å². The fourth-order valence-corrected chi connectivity index (χ4v) is 1.10. The lowest BCUT2D eigenvalue weighted by molar-refractivity contribution is -0.131. The first-order chi connectivity index (χ1) is 8.36. The van der Waals surface area contributed by atoms with Crippen molar-refractivity contribution in [3.8, 4) is 5.75 Å². The van der Waals surface area contributed by atoms with Crippen molar-refractivity contribution >= 4 is 27.8 Å². The number of hydrogen-bond donors (Lipinski definition) is 2. The molecule has 0 aliphatic rings. The highest BCUT2D eigenvalue weighted by atomic mass is 79.9. The van der Waals surface area contributed by atoms with Crippen LogP contribution in [0.5, 0.6) is 5.75 Å². The maximum absolute atomic E-state index is 11.6. The molecule has 5 nitrogen and oxygen atoms in total. The summed E-state index contributed by atoms with van der Waals surface area (Å²) in [6, 6.07) is 5.52. The van der Waals surface area contributed by atoms with E-state index in [0.717, 1.165) is 0 Å². The summed E-state index contributed by atoms with van der Waals surface area (Å²) in [6.45, 7) is 3.51. The Balaban J connectivity index is 2.57. The number of halogens is 1. The van der Waals surface area contributed by atoms with Crippen LogP contribution in [0.4, 0.5) is 0 Å². The summed E-state index contributed by atoms with van der Waals surface area (Å²) in [4.78, 5) is 27.8. The van der Waals surface area contributed by atoms with Crippen molar-refractivity contribution in [1.29, 1.82) is 0 Å². The standard InChI is InChI=1S/C12H14BrNO4/c1-3-12(2,13)11(17)14-18-10(16)8-4-6-9(15)7-5-8/h4-7,15H,3H2,1-2H3,(H,14,17). The Morgan fingerprint density at radius 2 is 1.94 bits per heavy atom. The van der Waals surface area contributed by atoms with E-state index in [1.54, 1.807) is 6.92 Å². The van der Waals surface area contributed by atoms with Crippen molar-refractivity contribution in [3.05, 3.63) is 29.8 Å². The summed E-state index contributed by atoms with van der Waals surface area (Å²) >= 11 is 3.23. The number of benzene rings is 1. The van der Waals surface area contributed by atoms with Crippen molar-refractivity contribution in [2.75, 3.05) is 0 Å². The second-order valence-electron chi connectivity index (χ2n) is 3.92. The fraction of sp³-hybridized carbons (Fsp3) is 0.333. The molecule has 1 aromatic carbocycles. The summed E-state index contributed by atoms with van der Waals surface area (Å²) < 4.78 is -0.776. The van der Waals surface area contributed by atoms with Gasteiger partial charge in [-0.25, -0.2) is 4.79 Å². The third kappa shape index (κ3) is 3.73. The predicted molar refractivity (Wildman–Crippen MR) is 69.3 cm³/mol. The van der Waals surface area contributed by atoms with Gasteiger partial charge in [-0.05, 0) is 37.6 Å². The van der Waals surface area contributed by atoms with E-state index in [1.807, 2.05) is 6.92 Å². The number of amides is 1. The second-order valence-corrected chi connectivity index (χ2v) is 5.67. The molecule has 0 aliphatic carbocycles. The number of carbonyl (C=O) groups excluding carboxylic acids is 2. The van der Waals surface area contributed by atoms with Crippen LogP contribution in [0, 0.1) is 0 Å². The molecule has 1 atom stereocenters.